The number of carboxylic acids is 1. The van der Waals surface area contributed by atoms with Crippen LogP contribution in [0.1, 0.15) is 380 Å². The van der Waals surface area contributed by atoms with E-state index in [0.29, 0.717) is 17.4 Å². The fraction of sp³-hybridized carbons (Fsp3) is 0.932. The van der Waals surface area contributed by atoms with Gasteiger partial charge in [-0.1, -0.05) is 341 Å². The molecular weight excluding hydrogens is 1020 g/mol. The summed E-state index contributed by atoms with van der Waals surface area (Å²) in [5, 5.41) is 11.8. The SMILES string of the molecule is CCCCCCCCCC/C=C\CCCCCCCCCCCCCCCCCCCCCC(=O)OC(COC(=O)CCCCCCCCCCCCCCCCCCCCCCCCCCCC)COC(OCC[N+](C)(C)C)C(=O)[O-]. The number of likely N-dealkylation sites (N-methyl/N-ethyl adjacent to an activating group) is 1. The van der Waals surface area contributed by atoms with Gasteiger partial charge >= 0.3 is 11.9 Å². The number of carbonyl (C=O) groups is 3. The summed E-state index contributed by atoms with van der Waals surface area (Å²) in [6.07, 6.45) is 76.0. The molecule has 9 heteroatoms. The minimum atomic E-state index is -1.62. The number of carbonyl (C=O) groups excluding carboxylic acids is 3. The van der Waals surface area contributed by atoms with Gasteiger partial charge in [-0.2, -0.15) is 0 Å². The van der Waals surface area contributed by atoms with Crippen LogP contribution in [-0.4, -0.2) is 82.3 Å². The molecule has 2 unspecified atom stereocenters. The van der Waals surface area contributed by atoms with Gasteiger partial charge in [-0.3, -0.25) is 9.59 Å². The molecule has 0 aromatic carbocycles. The first-order valence-electron chi connectivity index (χ1n) is 36.3. The van der Waals surface area contributed by atoms with Crippen molar-refractivity contribution in [3.63, 3.8) is 0 Å². The molecule has 0 aliphatic heterocycles. The Bertz CT molecular complexity index is 1350. The van der Waals surface area contributed by atoms with Gasteiger partial charge in [-0.05, 0) is 38.5 Å². The highest BCUT2D eigenvalue weighted by molar-refractivity contribution is 5.70. The molecule has 0 N–H and O–H groups in total. The van der Waals surface area contributed by atoms with Gasteiger partial charge in [0.1, 0.15) is 13.2 Å². The van der Waals surface area contributed by atoms with Crippen molar-refractivity contribution in [2.75, 3.05) is 47.5 Å². The van der Waals surface area contributed by atoms with E-state index in [4.69, 9.17) is 18.9 Å². The lowest BCUT2D eigenvalue weighted by molar-refractivity contribution is -0.870. The number of allylic oxidation sites excluding steroid dienone is 2. The Hall–Kier alpha value is -1.97. The maximum absolute atomic E-state index is 12.9. The minimum absolute atomic E-state index is 0.153. The van der Waals surface area contributed by atoms with E-state index < -0.39 is 24.3 Å². The predicted molar refractivity (Wildman–Crippen MR) is 348 cm³/mol. The molecule has 82 heavy (non-hydrogen) atoms. The number of rotatable bonds is 69. The molecule has 0 bridgehead atoms. The fourth-order valence-electron chi connectivity index (χ4n) is 11.2. The van der Waals surface area contributed by atoms with Gasteiger partial charge in [0.05, 0.1) is 40.3 Å². The number of unbranched alkanes of at least 4 members (excludes halogenated alkanes) is 52. The maximum atomic E-state index is 12.9. The molecule has 0 heterocycles. The standard InChI is InChI=1S/C73H141NO8/c1-6-8-10-12-14-16-18-20-22-24-26-28-30-32-34-35-36-37-38-40-42-44-46-48-50-52-54-56-58-60-62-64-71(76)82-69(68-81-73(72(77)78)79-66-65-74(3,4)5)67-80-70(75)63-61-59-57-55-53-51-49-47-45-43-41-39-33-31-29-27-25-23-21-19-17-15-13-11-9-7-2/h24,26,69,73H,6-23,25,27-68H2,1-5H3/b26-24-. The van der Waals surface area contributed by atoms with Crippen molar-refractivity contribution < 1.29 is 42.9 Å². The second kappa shape index (κ2) is 65.0. The zero-order chi connectivity index (χ0) is 59.8. The third-order valence-electron chi connectivity index (χ3n) is 16.8. The summed E-state index contributed by atoms with van der Waals surface area (Å²) in [6.45, 7) is 4.84. The van der Waals surface area contributed by atoms with Crippen molar-refractivity contribution in [3.05, 3.63) is 12.2 Å². The Kier molecular flexibility index (Phi) is 63.5. The number of carboxylic acid groups (broad SMARTS) is 1. The van der Waals surface area contributed by atoms with Gasteiger partial charge in [-0.15, -0.1) is 0 Å². The van der Waals surface area contributed by atoms with Gasteiger partial charge in [0.15, 0.2) is 12.4 Å². The molecule has 9 nitrogen and oxygen atoms in total. The van der Waals surface area contributed by atoms with Gasteiger partial charge in [0, 0.05) is 12.8 Å². The summed E-state index contributed by atoms with van der Waals surface area (Å²) in [6, 6.07) is 0. The Morgan fingerprint density at radius 3 is 0.902 bits per heavy atom. The predicted octanol–water partition coefficient (Wildman–Crippen LogP) is 21.1. The smallest absolute Gasteiger partial charge is 0.306 e. The summed E-state index contributed by atoms with van der Waals surface area (Å²) in [5.74, 6) is -2.25. The monoisotopic (exact) mass is 1160 g/mol. The van der Waals surface area contributed by atoms with E-state index in [9.17, 15) is 19.5 Å². The molecule has 2 atom stereocenters. The molecule has 0 radical (unpaired) electrons. The van der Waals surface area contributed by atoms with Crippen molar-refractivity contribution in [2.45, 2.75) is 392 Å². The van der Waals surface area contributed by atoms with Crippen LogP contribution in [0.2, 0.25) is 0 Å². The number of aliphatic carboxylic acids is 1. The van der Waals surface area contributed by atoms with Crippen LogP contribution in [0.5, 0.6) is 0 Å². The van der Waals surface area contributed by atoms with Crippen LogP contribution in [0, 0.1) is 0 Å². The molecule has 0 aliphatic carbocycles. The van der Waals surface area contributed by atoms with E-state index in [1.807, 2.05) is 21.1 Å². The van der Waals surface area contributed by atoms with Crippen LogP contribution < -0.4 is 5.11 Å². The lowest BCUT2D eigenvalue weighted by atomic mass is 10.0. The molecule has 0 aliphatic rings. The van der Waals surface area contributed by atoms with Gasteiger partial charge in [0.2, 0.25) is 0 Å². The number of esters is 2. The van der Waals surface area contributed by atoms with E-state index in [1.165, 1.54) is 315 Å². The van der Waals surface area contributed by atoms with E-state index in [-0.39, 0.29) is 32.2 Å². The summed E-state index contributed by atoms with van der Waals surface area (Å²) < 4.78 is 22.8. The Balaban J connectivity index is 4.03. The van der Waals surface area contributed by atoms with E-state index >= 15 is 0 Å². The average Bonchev–Trinajstić information content (AvgIpc) is 3.45. The second-order valence-corrected chi connectivity index (χ2v) is 26.2. The quantitative estimate of drug-likeness (QED) is 0.0195. The Morgan fingerprint density at radius 2 is 0.622 bits per heavy atom. The fourth-order valence-corrected chi connectivity index (χ4v) is 11.2. The zero-order valence-electron chi connectivity index (χ0n) is 55.7. The normalized spacial score (nSPS) is 12.6. The number of nitrogens with zero attached hydrogens (tertiary/aromatic N) is 1. The lowest BCUT2D eigenvalue weighted by Gasteiger charge is -2.26. The molecule has 0 rings (SSSR count). The summed E-state index contributed by atoms with van der Waals surface area (Å²) in [5.41, 5.74) is 0. The molecule has 0 aromatic rings. The van der Waals surface area contributed by atoms with Gasteiger partial charge in [-0.25, -0.2) is 0 Å². The largest absolute Gasteiger partial charge is 0.545 e. The van der Waals surface area contributed by atoms with Crippen molar-refractivity contribution in [1.29, 1.82) is 0 Å². The second-order valence-electron chi connectivity index (χ2n) is 26.2. The number of ether oxygens (including phenoxy) is 4. The van der Waals surface area contributed by atoms with E-state index in [2.05, 4.69) is 26.0 Å². The molecule has 0 saturated heterocycles. The van der Waals surface area contributed by atoms with Crippen molar-refractivity contribution in [1.82, 2.24) is 0 Å². The van der Waals surface area contributed by atoms with Crippen molar-refractivity contribution >= 4 is 17.9 Å². The summed E-state index contributed by atoms with van der Waals surface area (Å²) >= 11 is 0. The van der Waals surface area contributed by atoms with Gasteiger partial charge < -0.3 is 33.3 Å². The minimum Gasteiger partial charge on any atom is -0.545 e. The molecule has 0 saturated carbocycles. The summed E-state index contributed by atoms with van der Waals surface area (Å²) in [4.78, 5) is 37.5. The van der Waals surface area contributed by atoms with Gasteiger partial charge in [0.25, 0.3) is 0 Å². The molecular formula is C73H141NO8. The number of hydrogen-bond donors (Lipinski definition) is 0. The average molecular weight is 1160 g/mol. The van der Waals surface area contributed by atoms with Crippen molar-refractivity contribution in [2.24, 2.45) is 0 Å². The van der Waals surface area contributed by atoms with Crippen LogP contribution in [0.4, 0.5) is 0 Å². The lowest BCUT2D eigenvalue weighted by Crippen LogP contribution is -2.44. The highest BCUT2D eigenvalue weighted by atomic mass is 16.7. The van der Waals surface area contributed by atoms with Crippen LogP contribution in [0.3, 0.4) is 0 Å². The van der Waals surface area contributed by atoms with Crippen molar-refractivity contribution in [3.8, 4) is 0 Å². The highest BCUT2D eigenvalue weighted by Gasteiger charge is 2.22. The topological polar surface area (TPSA) is 111 Å². The Labute approximate surface area is 510 Å². The molecule has 0 spiro atoms. The van der Waals surface area contributed by atoms with Crippen LogP contribution in [0.15, 0.2) is 12.2 Å². The zero-order valence-corrected chi connectivity index (χ0v) is 55.7. The third kappa shape index (κ3) is 65.6. The molecule has 0 fully saturated rings. The molecule has 486 valence electrons. The van der Waals surface area contributed by atoms with Crippen LogP contribution in [0.25, 0.3) is 0 Å². The van der Waals surface area contributed by atoms with E-state index in [0.717, 1.165) is 38.5 Å². The third-order valence-corrected chi connectivity index (χ3v) is 16.8. The Morgan fingerprint density at radius 1 is 0.354 bits per heavy atom. The van der Waals surface area contributed by atoms with E-state index in [1.54, 1.807) is 0 Å². The molecule has 0 amide bonds. The number of quaternary nitrogens is 1. The first-order chi connectivity index (χ1) is 40.1. The summed E-state index contributed by atoms with van der Waals surface area (Å²) in [7, 11) is 5.95. The maximum Gasteiger partial charge on any atom is 0.306 e. The molecule has 0 aromatic heterocycles. The number of hydrogen-bond acceptors (Lipinski definition) is 8. The highest BCUT2D eigenvalue weighted by Crippen LogP contribution is 2.19. The first kappa shape index (κ1) is 80.0. The first-order valence-corrected chi connectivity index (χ1v) is 36.3. The van der Waals surface area contributed by atoms with Crippen LogP contribution in [-0.2, 0) is 33.3 Å². The van der Waals surface area contributed by atoms with Crippen LogP contribution >= 0.6 is 0 Å².